The molecule has 5 nitrogen and oxygen atoms in total. The van der Waals surface area contributed by atoms with E-state index < -0.39 is 0 Å². The third-order valence-corrected chi connectivity index (χ3v) is 6.65. The zero-order valence-corrected chi connectivity index (χ0v) is 19.5. The molecule has 31 heavy (non-hydrogen) atoms. The lowest BCUT2D eigenvalue weighted by molar-refractivity contribution is -0.137. The van der Waals surface area contributed by atoms with E-state index in [0.717, 1.165) is 30.6 Å². The van der Waals surface area contributed by atoms with Crippen molar-refractivity contribution in [3.8, 4) is 0 Å². The lowest BCUT2D eigenvalue weighted by Crippen LogP contribution is -2.36. The lowest BCUT2D eigenvalue weighted by atomic mass is 10.1. The number of thiophene rings is 1. The van der Waals surface area contributed by atoms with Crippen LogP contribution in [0.3, 0.4) is 0 Å². The van der Waals surface area contributed by atoms with Gasteiger partial charge in [0.2, 0.25) is 0 Å². The van der Waals surface area contributed by atoms with Crippen molar-refractivity contribution in [1.29, 1.82) is 0 Å². The van der Waals surface area contributed by atoms with Gasteiger partial charge in [0.15, 0.2) is 0 Å². The van der Waals surface area contributed by atoms with Crippen LogP contribution in [0.5, 0.6) is 0 Å². The van der Waals surface area contributed by atoms with Gasteiger partial charge in [-0.1, -0.05) is 45.1 Å². The zero-order valence-electron chi connectivity index (χ0n) is 18.7. The Bertz CT molecular complexity index is 877. The molecule has 2 aromatic heterocycles. The predicted octanol–water partition coefficient (Wildman–Crippen LogP) is 5.15. The molecule has 0 saturated heterocycles. The zero-order chi connectivity index (χ0) is 22.1. The van der Waals surface area contributed by atoms with Crippen molar-refractivity contribution in [1.82, 2.24) is 14.8 Å². The SMILES string of the molecule is CCCCCCCCN1C(=O)C(c2cccs2)=C(N(CC)CCc2ccncc2)C1=O. The molecule has 1 aliphatic rings. The van der Waals surface area contributed by atoms with E-state index in [9.17, 15) is 9.59 Å². The first-order valence-electron chi connectivity index (χ1n) is 11.5. The second kappa shape index (κ2) is 11.8. The van der Waals surface area contributed by atoms with Crippen molar-refractivity contribution in [2.75, 3.05) is 19.6 Å². The van der Waals surface area contributed by atoms with E-state index in [0.29, 0.717) is 30.9 Å². The van der Waals surface area contributed by atoms with Crippen LogP contribution < -0.4 is 0 Å². The largest absolute Gasteiger partial charge is 0.366 e. The third-order valence-electron chi connectivity index (χ3n) is 5.76. The molecule has 166 valence electrons. The van der Waals surface area contributed by atoms with Gasteiger partial charge in [0, 0.05) is 36.9 Å². The van der Waals surface area contributed by atoms with E-state index in [1.54, 1.807) is 12.4 Å². The molecule has 0 radical (unpaired) electrons. The predicted molar refractivity (Wildman–Crippen MR) is 127 cm³/mol. The van der Waals surface area contributed by atoms with Gasteiger partial charge >= 0.3 is 0 Å². The molecule has 3 heterocycles. The number of carbonyl (C=O) groups is 2. The van der Waals surface area contributed by atoms with E-state index >= 15 is 0 Å². The maximum atomic E-state index is 13.4. The van der Waals surface area contributed by atoms with E-state index in [1.165, 1.54) is 41.1 Å². The summed E-state index contributed by atoms with van der Waals surface area (Å²) in [5.74, 6) is -0.281. The van der Waals surface area contributed by atoms with Gasteiger partial charge < -0.3 is 4.90 Å². The number of aromatic nitrogens is 1. The molecule has 1 aliphatic heterocycles. The van der Waals surface area contributed by atoms with Crippen molar-refractivity contribution in [2.45, 2.75) is 58.8 Å². The number of amides is 2. The van der Waals surface area contributed by atoms with E-state index in [4.69, 9.17) is 0 Å². The Balaban J connectivity index is 1.75. The normalized spacial score (nSPS) is 14.1. The van der Waals surface area contributed by atoms with Crippen LogP contribution in [-0.4, -0.2) is 46.2 Å². The Kier molecular flexibility index (Phi) is 8.83. The second-order valence-electron chi connectivity index (χ2n) is 7.92. The Morgan fingerprint density at radius 3 is 2.39 bits per heavy atom. The number of nitrogens with zero attached hydrogens (tertiary/aromatic N) is 3. The topological polar surface area (TPSA) is 53.5 Å². The molecule has 0 aromatic carbocycles. The number of carbonyl (C=O) groups excluding carboxylic acids is 2. The number of hydrogen-bond acceptors (Lipinski definition) is 5. The second-order valence-corrected chi connectivity index (χ2v) is 8.86. The summed E-state index contributed by atoms with van der Waals surface area (Å²) >= 11 is 1.52. The van der Waals surface area contributed by atoms with Crippen LogP contribution >= 0.6 is 11.3 Å². The first-order chi connectivity index (χ1) is 15.2. The van der Waals surface area contributed by atoms with E-state index in [1.807, 2.05) is 36.6 Å². The molecule has 0 spiro atoms. The molecule has 0 fully saturated rings. The Morgan fingerprint density at radius 1 is 0.968 bits per heavy atom. The van der Waals surface area contributed by atoms with E-state index in [2.05, 4.69) is 16.8 Å². The van der Waals surface area contributed by atoms with Crippen LogP contribution in [0.25, 0.3) is 5.57 Å². The summed E-state index contributed by atoms with van der Waals surface area (Å²) < 4.78 is 0. The highest BCUT2D eigenvalue weighted by Gasteiger charge is 2.41. The minimum atomic E-state index is -0.140. The highest BCUT2D eigenvalue weighted by atomic mass is 32.1. The average molecular weight is 440 g/mol. The van der Waals surface area contributed by atoms with Crippen molar-refractivity contribution < 1.29 is 9.59 Å². The maximum Gasteiger partial charge on any atom is 0.277 e. The Morgan fingerprint density at radius 2 is 1.71 bits per heavy atom. The highest BCUT2D eigenvalue weighted by molar-refractivity contribution is 7.11. The maximum absolute atomic E-state index is 13.4. The van der Waals surface area contributed by atoms with Crippen molar-refractivity contribution >= 4 is 28.7 Å². The molecule has 0 N–H and O–H groups in total. The molecule has 2 aromatic rings. The summed E-state index contributed by atoms with van der Waals surface area (Å²) in [6, 6.07) is 7.87. The van der Waals surface area contributed by atoms with Crippen LogP contribution in [-0.2, 0) is 16.0 Å². The molecule has 2 amide bonds. The van der Waals surface area contributed by atoms with Crippen LogP contribution in [0.4, 0.5) is 0 Å². The van der Waals surface area contributed by atoms with Gasteiger partial charge in [-0.3, -0.25) is 19.5 Å². The number of rotatable bonds is 13. The molecular weight excluding hydrogens is 406 g/mol. The van der Waals surface area contributed by atoms with Crippen LogP contribution in [0.15, 0.2) is 47.7 Å². The Hall–Kier alpha value is -2.47. The van der Waals surface area contributed by atoms with Crippen LogP contribution in [0.1, 0.15) is 62.8 Å². The van der Waals surface area contributed by atoms with Gasteiger partial charge in [-0.2, -0.15) is 0 Å². The lowest BCUT2D eigenvalue weighted by Gasteiger charge is -2.24. The molecule has 0 unspecified atom stereocenters. The third kappa shape index (κ3) is 5.82. The molecule has 0 atom stereocenters. The van der Waals surface area contributed by atoms with Gasteiger partial charge in [-0.05, 0) is 48.9 Å². The molecule has 0 aliphatic carbocycles. The summed E-state index contributed by atoms with van der Waals surface area (Å²) in [6.45, 7) is 6.12. The molecular formula is C25H33N3O2S. The van der Waals surface area contributed by atoms with Gasteiger partial charge in [-0.25, -0.2) is 0 Å². The first kappa shape index (κ1) is 23.2. The smallest absolute Gasteiger partial charge is 0.277 e. The van der Waals surface area contributed by atoms with Gasteiger partial charge in [0.05, 0.1) is 5.57 Å². The summed E-state index contributed by atoms with van der Waals surface area (Å²) in [6.07, 6.45) is 11.1. The minimum absolute atomic E-state index is 0.140. The van der Waals surface area contributed by atoms with Gasteiger partial charge in [0.25, 0.3) is 11.8 Å². The number of pyridine rings is 1. The van der Waals surface area contributed by atoms with Crippen molar-refractivity contribution in [3.05, 3.63) is 58.2 Å². The van der Waals surface area contributed by atoms with Gasteiger partial charge in [-0.15, -0.1) is 11.3 Å². The minimum Gasteiger partial charge on any atom is -0.366 e. The Labute approximate surface area is 189 Å². The summed E-state index contributed by atoms with van der Waals surface area (Å²) in [7, 11) is 0. The fraction of sp³-hybridized carbons (Fsp3) is 0.480. The van der Waals surface area contributed by atoms with Gasteiger partial charge in [0.1, 0.15) is 5.70 Å². The molecule has 3 rings (SSSR count). The number of unbranched alkanes of at least 4 members (excludes halogenated alkanes) is 5. The number of likely N-dealkylation sites (N-methyl/N-ethyl adjacent to an activating group) is 1. The molecule has 6 heteroatoms. The fourth-order valence-electron chi connectivity index (χ4n) is 3.99. The van der Waals surface area contributed by atoms with Crippen LogP contribution in [0.2, 0.25) is 0 Å². The standard InChI is InChI=1S/C25H33N3O2S/c1-3-5-6-7-8-9-17-28-24(29)22(21-11-10-19-31-21)23(25(28)30)27(4-2)18-14-20-12-15-26-16-13-20/h10-13,15-16,19H,3-9,14,17-18H2,1-2H3. The van der Waals surface area contributed by atoms with Crippen molar-refractivity contribution in [2.24, 2.45) is 0 Å². The first-order valence-corrected chi connectivity index (χ1v) is 12.3. The highest BCUT2D eigenvalue weighted by Crippen LogP contribution is 2.34. The number of imide groups is 1. The fourth-order valence-corrected chi connectivity index (χ4v) is 4.76. The summed E-state index contributed by atoms with van der Waals surface area (Å²) in [5.41, 5.74) is 2.31. The average Bonchev–Trinajstić information content (AvgIpc) is 3.40. The number of hydrogen-bond donors (Lipinski definition) is 0. The molecule has 0 saturated carbocycles. The van der Waals surface area contributed by atoms with Crippen LogP contribution in [0, 0.1) is 0 Å². The quantitative estimate of drug-likeness (QED) is 0.320. The molecule has 0 bridgehead atoms. The summed E-state index contributed by atoms with van der Waals surface area (Å²) in [4.78, 5) is 35.2. The van der Waals surface area contributed by atoms with Crippen molar-refractivity contribution in [3.63, 3.8) is 0 Å². The monoisotopic (exact) mass is 439 g/mol. The van der Waals surface area contributed by atoms with E-state index in [-0.39, 0.29) is 11.8 Å². The summed E-state index contributed by atoms with van der Waals surface area (Å²) in [5, 5.41) is 1.96.